The van der Waals surface area contributed by atoms with Crippen LogP contribution in [0.2, 0.25) is 0 Å². The van der Waals surface area contributed by atoms with Crippen molar-refractivity contribution >= 4 is 0 Å². The second-order valence-corrected chi connectivity index (χ2v) is 5.73. The molecule has 2 unspecified atom stereocenters. The highest BCUT2D eigenvalue weighted by Crippen LogP contribution is 2.38. The lowest BCUT2D eigenvalue weighted by molar-refractivity contribution is 0.101. The van der Waals surface area contributed by atoms with Crippen LogP contribution in [0, 0.1) is 0 Å². The lowest BCUT2D eigenvalue weighted by atomic mass is 10.1. The second-order valence-electron chi connectivity index (χ2n) is 5.73. The molecule has 0 aromatic heterocycles. The number of methoxy groups -OCH3 is 3. The highest BCUT2D eigenvalue weighted by molar-refractivity contribution is 5.54. The summed E-state index contributed by atoms with van der Waals surface area (Å²) >= 11 is 0. The smallest absolute Gasteiger partial charge is 0.203 e. The molecular weight excluding hydrogens is 306 g/mol. The SMILES string of the molecule is COc1cc(CC2COC(c3ccccc3)N2)cc(OC)c1OC. The zero-order chi connectivity index (χ0) is 16.9. The molecule has 0 amide bonds. The number of ether oxygens (including phenoxy) is 4. The van der Waals surface area contributed by atoms with Crippen molar-refractivity contribution in [2.45, 2.75) is 18.7 Å². The van der Waals surface area contributed by atoms with Gasteiger partial charge >= 0.3 is 0 Å². The molecular formula is C19H23NO4. The van der Waals surface area contributed by atoms with Gasteiger partial charge in [-0.15, -0.1) is 0 Å². The standard InChI is InChI=1S/C19H23NO4/c1-21-16-10-13(11-17(22-2)18(16)23-3)9-15-12-24-19(20-15)14-7-5-4-6-8-14/h4-8,10-11,15,19-20H,9,12H2,1-3H3. The Balaban J connectivity index is 1.73. The molecule has 1 N–H and O–H groups in total. The minimum atomic E-state index is -0.0572. The minimum Gasteiger partial charge on any atom is -0.493 e. The van der Waals surface area contributed by atoms with Crippen LogP contribution >= 0.6 is 0 Å². The van der Waals surface area contributed by atoms with E-state index in [0.717, 1.165) is 17.5 Å². The Labute approximate surface area is 142 Å². The van der Waals surface area contributed by atoms with Crippen LogP contribution in [0.1, 0.15) is 17.4 Å². The Kier molecular flexibility index (Phi) is 5.23. The fourth-order valence-corrected chi connectivity index (χ4v) is 3.00. The van der Waals surface area contributed by atoms with Crippen LogP contribution in [0.15, 0.2) is 42.5 Å². The maximum absolute atomic E-state index is 5.88. The molecule has 0 saturated carbocycles. The zero-order valence-corrected chi connectivity index (χ0v) is 14.2. The van der Waals surface area contributed by atoms with Gasteiger partial charge in [-0.05, 0) is 29.7 Å². The molecule has 0 bridgehead atoms. The fourth-order valence-electron chi connectivity index (χ4n) is 3.00. The van der Waals surface area contributed by atoms with Crippen molar-refractivity contribution in [2.75, 3.05) is 27.9 Å². The van der Waals surface area contributed by atoms with Crippen molar-refractivity contribution in [1.29, 1.82) is 0 Å². The summed E-state index contributed by atoms with van der Waals surface area (Å²) in [5.41, 5.74) is 2.25. The largest absolute Gasteiger partial charge is 0.493 e. The summed E-state index contributed by atoms with van der Waals surface area (Å²) in [5, 5.41) is 3.52. The predicted molar refractivity (Wildman–Crippen MR) is 91.9 cm³/mol. The van der Waals surface area contributed by atoms with Gasteiger partial charge in [0.05, 0.1) is 27.9 Å². The first-order valence-electron chi connectivity index (χ1n) is 7.96. The van der Waals surface area contributed by atoms with Gasteiger partial charge in [0.25, 0.3) is 0 Å². The maximum Gasteiger partial charge on any atom is 0.203 e. The summed E-state index contributed by atoms with van der Waals surface area (Å²) in [7, 11) is 4.86. The first kappa shape index (κ1) is 16.6. The van der Waals surface area contributed by atoms with Gasteiger partial charge < -0.3 is 18.9 Å². The Bertz CT molecular complexity index is 649. The van der Waals surface area contributed by atoms with Crippen molar-refractivity contribution in [2.24, 2.45) is 0 Å². The van der Waals surface area contributed by atoms with E-state index in [4.69, 9.17) is 18.9 Å². The van der Waals surface area contributed by atoms with Crippen LogP contribution in [0.25, 0.3) is 0 Å². The fraction of sp³-hybridized carbons (Fsp3) is 0.368. The van der Waals surface area contributed by atoms with Crippen LogP contribution in [0.3, 0.4) is 0 Å². The highest BCUT2D eigenvalue weighted by Gasteiger charge is 2.26. The Hall–Kier alpha value is -2.24. The van der Waals surface area contributed by atoms with Crippen LogP contribution in [-0.4, -0.2) is 34.0 Å². The molecule has 1 fully saturated rings. The van der Waals surface area contributed by atoms with Crippen molar-refractivity contribution in [3.63, 3.8) is 0 Å². The van der Waals surface area contributed by atoms with E-state index in [0.29, 0.717) is 23.9 Å². The molecule has 0 aliphatic carbocycles. The number of benzene rings is 2. The average Bonchev–Trinajstić information content (AvgIpc) is 3.10. The average molecular weight is 329 g/mol. The third-order valence-electron chi connectivity index (χ3n) is 4.16. The van der Waals surface area contributed by atoms with Gasteiger partial charge in [-0.3, -0.25) is 5.32 Å². The normalized spacial score (nSPS) is 20.0. The van der Waals surface area contributed by atoms with E-state index in [1.165, 1.54) is 0 Å². The molecule has 2 aromatic rings. The monoisotopic (exact) mass is 329 g/mol. The number of hydrogen-bond donors (Lipinski definition) is 1. The molecule has 5 heteroatoms. The molecule has 0 radical (unpaired) electrons. The summed E-state index contributed by atoms with van der Waals surface area (Å²) < 4.78 is 22.1. The summed E-state index contributed by atoms with van der Waals surface area (Å²) in [6.45, 7) is 0.663. The van der Waals surface area contributed by atoms with E-state index in [1.54, 1.807) is 21.3 Å². The van der Waals surface area contributed by atoms with E-state index < -0.39 is 0 Å². The molecule has 0 spiro atoms. The van der Waals surface area contributed by atoms with Gasteiger partial charge in [-0.1, -0.05) is 30.3 Å². The third-order valence-corrected chi connectivity index (χ3v) is 4.16. The van der Waals surface area contributed by atoms with E-state index in [-0.39, 0.29) is 12.3 Å². The minimum absolute atomic E-state index is 0.0572. The molecule has 24 heavy (non-hydrogen) atoms. The van der Waals surface area contributed by atoms with E-state index in [1.807, 2.05) is 30.3 Å². The Morgan fingerprint density at radius 1 is 1.00 bits per heavy atom. The lowest BCUT2D eigenvalue weighted by Gasteiger charge is -2.16. The molecule has 5 nitrogen and oxygen atoms in total. The van der Waals surface area contributed by atoms with E-state index >= 15 is 0 Å². The Morgan fingerprint density at radius 3 is 2.25 bits per heavy atom. The number of hydrogen-bond acceptors (Lipinski definition) is 5. The molecule has 128 valence electrons. The summed E-state index contributed by atoms with van der Waals surface area (Å²) in [5.74, 6) is 1.96. The lowest BCUT2D eigenvalue weighted by Crippen LogP contribution is -2.28. The van der Waals surface area contributed by atoms with Gasteiger partial charge in [0.15, 0.2) is 11.5 Å². The van der Waals surface area contributed by atoms with E-state index in [2.05, 4.69) is 17.4 Å². The van der Waals surface area contributed by atoms with Crippen LogP contribution in [-0.2, 0) is 11.2 Å². The van der Waals surface area contributed by atoms with Gasteiger partial charge in [0, 0.05) is 6.04 Å². The van der Waals surface area contributed by atoms with Crippen molar-refractivity contribution in [3.8, 4) is 17.2 Å². The van der Waals surface area contributed by atoms with Gasteiger partial charge in [-0.25, -0.2) is 0 Å². The first-order chi connectivity index (χ1) is 11.7. The van der Waals surface area contributed by atoms with Gasteiger partial charge in [0.1, 0.15) is 6.23 Å². The number of rotatable bonds is 6. The molecule has 1 aliphatic heterocycles. The molecule has 2 aromatic carbocycles. The first-order valence-corrected chi connectivity index (χ1v) is 7.96. The van der Waals surface area contributed by atoms with Gasteiger partial charge in [-0.2, -0.15) is 0 Å². The Morgan fingerprint density at radius 2 is 1.67 bits per heavy atom. The van der Waals surface area contributed by atoms with Gasteiger partial charge in [0.2, 0.25) is 5.75 Å². The third kappa shape index (κ3) is 3.47. The van der Waals surface area contributed by atoms with Crippen molar-refractivity contribution in [1.82, 2.24) is 5.32 Å². The molecule has 1 heterocycles. The highest BCUT2D eigenvalue weighted by atomic mass is 16.5. The molecule has 2 atom stereocenters. The summed E-state index contributed by atoms with van der Waals surface area (Å²) in [6, 6.07) is 14.4. The topological polar surface area (TPSA) is 49.0 Å². The summed E-state index contributed by atoms with van der Waals surface area (Å²) in [6.07, 6.45) is 0.762. The van der Waals surface area contributed by atoms with Crippen LogP contribution in [0.4, 0.5) is 0 Å². The van der Waals surface area contributed by atoms with Crippen LogP contribution in [0.5, 0.6) is 17.2 Å². The van der Waals surface area contributed by atoms with Crippen LogP contribution < -0.4 is 19.5 Å². The zero-order valence-electron chi connectivity index (χ0n) is 14.2. The van der Waals surface area contributed by atoms with Crippen molar-refractivity contribution < 1.29 is 18.9 Å². The molecule has 3 rings (SSSR count). The number of nitrogens with one attached hydrogen (secondary N) is 1. The van der Waals surface area contributed by atoms with Crippen molar-refractivity contribution in [3.05, 3.63) is 53.6 Å². The molecule has 1 aliphatic rings. The predicted octanol–water partition coefficient (Wildman–Crippen LogP) is 2.94. The quantitative estimate of drug-likeness (QED) is 0.883. The molecule has 1 saturated heterocycles. The maximum atomic E-state index is 5.88. The summed E-state index contributed by atoms with van der Waals surface area (Å²) in [4.78, 5) is 0. The van der Waals surface area contributed by atoms with E-state index in [9.17, 15) is 0 Å². The second kappa shape index (κ2) is 7.55.